The van der Waals surface area contributed by atoms with Gasteiger partial charge in [0, 0.05) is 35.8 Å². The monoisotopic (exact) mass is 336 g/mol. The molecular formula is C15H14Cl2N4O. The van der Waals surface area contributed by atoms with E-state index in [1.54, 1.807) is 23.1 Å². The van der Waals surface area contributed by atoms with Crippen molar-refractivity contribution in [2.24, 2.45) is 0 Å². The van der Waals surface area contributed by atoms with Crippen molar-refractivity contribution in [3.8, 4) is 5.69 Å². The first-order chi connectivity index (χ1) is 10.3. The van der Waals surface area contributed by atoms with Crippen LogP contribution in [0.4, 0.5) is 0 Å². The number of benzene rings is 1. The van der Waals surface area contributed by atoms with Gasteiger partial charge in [-0.1, -0.05) is 0 Å². The summed E-state index contributed by atoms with van der Waals surface area (Å²) in [7, 11) is 0. The van der Waals surface area contributed by atoms with E-state index in [2.05, 4.69) is 15.4 Å². The molecule has 3 aromatic rings. The van der Waals surface area contributed by atoms with Crippen molar-refractivity contribution in [1.82, 2.24) is 20.1 Å². The number of aromatic nitrogens is 3. The van der Waals surface area contributed by atoms with Crippen LogP contribution in [-0.2, 0) is 0 Å². The molecular weight excluding hydrogens is 323 g/mol. The van der Waals surface area contributed by atoms with Gasteiger partial charge in [0.25, 0.3) is 5.91 Å². The van der Waals surface area contributed by atoms with E-state index in [-0.39, 0.29) is 18.3 Å². The van der Waals surface area contributed by atoms with Crippen molar-refractivity contribution in [1.29, 1.82) is 0 Å². The van der Waals surface area contributed by atoms with Crippen LogP contribution in [0.15, 0.2) is 48.9 Å². The summed E-state index contributed by atoms with van der Waals surface area (Å²) in [6.45, 7) is 0.452. The zero-order valence-corrected chi connectivity index (χ0v) is 13.1. The lowest BCUT2D eigenvalue weighted by atomic mass is 10.1. The van der Waals surface area contributed by atoms with Gasteiger partial charge in [-0.3, -0.25) is 9.78 Å². The summed E-state index contributed by atoms with van der Waals surface area (Å²) in [5, 5.41) is 8.11. The number of carbonyl (C=O) groups is 1. The third kappa shape index (κ3) is 3.37. The molecule has 0 radical (unpaired) electrons. The molecule has 0 spiro atoms. The zero-order valence-electron chi connectivity index (χ0n) is 11.6. The zero-order chi connectivity index (χ0) is 14.7. The van der Waals surface area contributed by atoms with Crippen LogP contribution < -0.4 is 5.32 Å². The Kier molecular flexibility index (Phi) is 5.35. The largest absolute Gasteiger partial charge is 0.351 e. The van der Waals surface area contributed by atoms with Crippen LogP contribution in [0, 0.1) is 0 Å². The van der Waals surface area contributed by atoms with Gasteiger partial charge >= 0.3 is 0 Å². The van der Waals surface area contributed by atoms with E-state index >= 15 is 0 Å². The maximum atomic E-state index is 11.9. The molecule has 0 fully saturated rings. The van der Waals surface area contributed by atoms with Gasteiger partial charge < -0.3 is 5.32 Å². The van der Waals surface area contributed by atoms with E-state index in [1.807, 2.05) is 30.5 Å². The molecule has 2 heterocycles. The Bertz CT molecular complexity index is 774. The second-order valence-corrected chi connectivity index (χ2v) is 4.88. The van der Waals surface area contributed by atoms with Crippen LogP contribution in [0.5, 0.6) is 0 Å². The highest BCUT2D eigenvalue weighted by Crippen LogP contribution is 2.17. The summed E-state index contributed by atoms with van der Waals surface area (Å²) < 4.78 is 1.75. The van der Waals surface area contributed by atoms with Gasteiger partial charge in [-0.25, -0.2) is 4.68 Å². The second-order valence-electron chi connectivity index (χ2n) is 4.50. The van der Waals surface area contributed by atoms with Gasteiger partial charge in [-0.05, 0) is 30.3 Å². The van der Waals surface area contributed by atoms with Crippen LogP contribution in [0.25, 0.3) is 16.6 Å². The average Bonchev–Trinajstić information content (AvgIpc) is 2.96. The molecule has 22 heavy (non-hydrogen) atoms. The van der Waals surface area contributed by atoms with E-state index in [4.69, 9.17) is 11.6 Å². The van der Waals surface area contributed by atoms with Gasteiger partial charge in [-0.2, -0.15) is 5.10 Å². The highest BCUT2D eigenvalue weighted by atomic mass is 35.5. The highest BCUT2D eigenvalue weighted by Gasteiger charge is 2.08. The summed E-state index contributed by atoms with van der Waals surface area (Å²) in [5.74, 6) is 0.263. The number of halogens is 2. The first kappa shape index (κ1) is 16.3. The molecule has 0 aliphatic heterocycles. The Hall–Kier alpha value is -2.11. The van der Waals surface area contributed by atoms with E-state index in [0.29, 0.717) is 18.0 Å². The molecule has 7 heteroatoms. The first-order valence-electron chi connectivity index (χ1n) is 6.52. The minimum atomic E-state index is -0.133. The molecule has 1 amide bonds. The molecule has 0 saturated carbocycles. The number of rotatable bonds is 4. The van der Waals surface area contributed by atoms with Gasteiger partial charge in [-0.15, -0.1) is 24.0 Å². The lowest BCUT2D eigenvalue weighted by molar-refractivity contribution is 0.0956. The predicted octanol–water partition coefficient (Wildman–Crippen LogP) is 2.81. The van der Waals surface area contributed by atoms with Crippen molar-refractivity contribution < 1.29 is 4.79 Å². The molecule has 0 atom stereocenters. The predicted molar refractivity (Wildman–Crippen MR) is 89.2 cm³/mol. The standard InChI is InChI=1S/C15H13ClN4O.ClH/c16-5-7-18-15(21)11-3-4-14-12(8-11)10-20(19-14)13-2-1-6-17-9-13;/h1-4,6,8-10H,5,7H2,(H,18,21);1H. The molecule has 0 unspecified atom stereocenters. The van der Waals surface area contributed by atoms with Gasteiger partial charge in [0.05, 0.1) is 17.4 Å². The van der Waals surface area contributed by atoms with Crippen LogP contribution in [0.3, 0.4) is 0 Å². The second kappa shape index (κ2) is 7.24. The van der Waals surface area contributed by atoms with E-state index in [0.717, 1.165) is 16.6 Å². The Morgan fingerprint density at radius 3 is 2.91 bits per heavy atom. The fourth-order valence-electron chi connectivity index (χ4n) is 2.05. The van der Waals surface area contributed by atoms with Gasteiger partial charge in [0.2, 0.25) is 0 Å². The minimum absolute atomic E-state index is 0. The Morgan fingerprint density at radius 1 is 1.32 bits per heavy atom. The number of hydrogen-bond acceptors (Lipinski definition) is 3. The molecule has 3 rings (SSSR count). The maximum absolute atomic E-state index is 11.9. The third-order valence-electron chi connectivity index (χ3n) is 3.06. The Balaban J connectivity index is 0.00000176. The fourth-order valence-corrected chi connectivity index (χ4v) is 2.15. The van der Waals surface area contributed by atoms with Crippen molar-refractivity contribution in [2.45, 2.75) is 0 Å². The lowest BCUT2D eigenvalue weighted by Crippen LogP contribution is -2.25. The van der Waals surface area contributed by atoms with Crippen LogP contribution >= 0.6 is 24.0 Å². The number of pyridine rings is 1. The van der Waals surface area contributed by atoms with E-state index in [1.165, 1.54) is 0 Å². The first-order valence-corrected chi connectivity index (χ1v) is 7.05. The van der Waals surface area contributed by atoms with E-state index < -0.39 is 0 Å². The van der Waals surface area contributed by atoms with Crippen molar-refractivity contribution >= 4 is 40.8 Å². The molecule has 0 bridgehead atoms. The molecule has 1 N–H and O–H groups in total. The topological polar surface area (TPSA) is 59.8 Å². The van der Waals surface area contributed by atoms with Crippen LogP contribution in [0.1, 0.15) is 10.4 Å². The number of alkyl halides is 1. The molecule has 2 aromatic heterocycles. The molecule has 114 valence electrons. The highest BCUT2D eigenvalue weighted by molar-refractivity contribution is 6.18. The van der Waals surface area contributed by atoms with Crippen molar-refractivity contribution in [3.05, 3.63) is 54.5 Å². The Morgan fingerprint density at radius 2 is 2.18 bits per heavy atom. The smallest absolute Gasteiger partial charge is 0.251 e. The van der Waals surface area contributed by atoms with Crippen molar-refractivity contribution in [3.63, 3.8) is 0 Å². The molecule has 1 aromatic carbocycles. The Labute approximate surface area is 138 Å². The summed E-state index contributed by atoms with van der Waals surface area (Å²) in [4.78, 5) is 16.0. The summed E-state index contributed by atoms with van der Waals surface area (Å²) in [5.41, 5.74) is 2.30. The number of carbonyl (C=O) groups excluding carboxylic acids is 1. The molecule has 0 aliphatic rings. The summed E-state index contributed by atoms with van der Waals surface area (Å²) in [6, 6.07) is 9.18. The molecule has 5 nitrogen and oxygen atoms in total. The molecule has 0 saturated heterocycles. The normalized spacial score (nSPS) is 10.2. The number of amides is 1. The van der Waals surface area contributed by atoms with Gasteiger partial charge in [0.15, 0.2) is 0 Å². The maximum Gasteiger partial charge on any atom is 0.251 e. The van der Waals surface area contributed by atoms with E-state index in [9.17, 15) is 4.79 Å². The fraction of sp³-hybridized carbons (Fsp3) is 0.133. The van der Waals surface area contributed by atoms with Crippen molar-refractivity contribution in [2.75, 3.05) is 12.4 Å². The summed E-state index contributed by atoms with van der Waals surface area (Å²) in [6.07, 6.45) is 5.33. The molecule has 0 aliphatic carbocycles. The summed E-state index contributed by atoms with van der Waals surface area (Å²) >= 11 is 5.57. The average molecular weight is 337 g/mol. The quantitative estimate of drug-likeness (QED) is 0.745. The number of nitrogens with one attached hydrogen (secondary N) is 1. The number of nitrogens with zero attached hydrogens (tertiary/aromatic N) is 3. The SMILES string of the molecule is Cl.O=C(NCCCl)c1ccc2nn(-c3cccnc3)cc2c1. The van der Waals surface area contributed by atoms with Gasteiger partial charge in [0.1, 0.15) is 0 Å². The third-order valence-corrected chi connectivity index (χ3v) is 3.25. The van der Waals surface area contributed by atoms with Crippen LogP contribution in [0.2, 0.25) is 0 Å². The lowest BCUT2D eigenvalue weighted by Gasteiger charge is -2.02. The minimum Gasteiger partial charge on any atom is -0.351 e. The van der Waals surface area contributed by atoms with Crippen LogP contribution in [-0.4, -0.2) is 33.1 Å². The number of hydrogen-bond donors (Lipinski definition) is 1. The number of fused-ring (bicyclic) bond motifs is 1.